The molecule has 0 fully saturated rings. The summed E-state index contributed by atoms with van der Waals surface area (Å²) < 4.78 is 17.3. The maximum absolute atomic E-state index is 12.3. The quantitative estimate of drug-likeness (QED) is 0.380. The molecule has 2 aromatic heterocycles. The van der Waals surface area contributed by atoms with Gasteiger partial charge in [0.25, 0.3) is 0 Å². The van der Waals surface area contributed by atoms with Crippen molar-refractivity contribution >= 4 is 45.0 Å². The number of halogens is 2. The standard InChI is InChI=1S/C11H12BrN3O2S.C7H6FNO2/c1-2-17-11(16)7-6-14-9(15-8(7)5-12)10-13-3-4-18-10;1-4-5(7(10)11)2-3-6(8)9-4/h3-4H,2,5-6H2,1H3,(H,14,15);2-3H,1H3,(H,10,11). The maximum Gasteiger partial charge on any atom is 0.337 e. The number of allylic oxidation sites excluding steroid dienone is 1. The zero-order valence-corrected chi connectivity index (χ0v) is 18.0. The molecule has 0 aromatic carbocycles. The average molecular weight is 485 g/mol. The third-order valence-corrected chi connectivity index (χ3v) is 4.94. The van der Waals surface area contributed by atoms with E-state index in [1.807, 2.05) is 5.38 Å². The summed E-state index contributed by atoms with van der Waals surface area (Å²) in [4.78, 5) is 34.0. The number of amidine groups is 1. The lowest BCUT2D eigenvalue weighted by atomic mass is 10.2. The highest BCUT2D eigenvalue weighted by atomic mass is 79.9. The summed E-state index contributed by atoms with van der Waals surface area (Å²) in [7, 11) is 0. The highest BCUT2D eigenvalue weighted by Gasteiger charge is 2.22. The van der Waals surface area contributed by atoms with Crippen LogP contribution in [0.4, 0.5) is 4.39 Å². The molecular formula is C18H18BrFN4O4S. The summed E-state index contributed by atoms with van der Waals surface area (Å²) in [5.74, 6) is -1.36. The number of aromatic nitrogens is 2. The Morgan fingerprint density at radius 1 is 1.41 bits per heavy atom. The van der Waals surface area contributed by atoms with E-state index in [2.05, 4.69) is 36.2 Å². The van der Waals surface area contributed by atoms with Gasteiger partial charge in [-0.25, -0.2) is 19.6 Å². The van der Waals surface area contributed by atoms with Gasteiger partial charge in [0.1, 0.15) is 0 Å². The van der Waals surface area contributed by atoms with E-state index in [-0.39, 0.29) is 17.2 Å². The molecule has 1 aliphatic heterocycles. The second-order valence-corrected chi connectivity index (χ2v) is 6.97. The number of thiazole rings is 1. The topological polar surface area (TPSA) is 114 Å². The fourth-order valence-corrected chi connectivity index (χ4v) is 3.33. The monoisotopic (exact) mass is 484 g/mol. The minimum Gasteiger partial charge on any atom is -0.478 e. The van der Waals surface area contributed by atoms with Crippen molar-refractivity contribution in [2.24, 2.45) is 4.99 Å². The molecule has 154 valence electrons. The van der Waals surface area contributed by atoms with Crippen molar-refractivity contribution in [3.63, 3.8) is 0 Å². The van der Waals surface area contributed by atoms with E-state index >= 15 is 0 Å². The van der Waals surface area contributed by atoms with Crippen LogP contribution in [0, 0.1) is 12.9 Å². The summed E-state index contributed by atoms with van der Waals surface area (Å²) in [5.41, 5.74) is 1.58. The van der Waals surface area contributed by atoms with Gasteiger partial charge in [0.2, 0.25) is 5.95 Å². The van der Waals surface area contributed by atoms with Crippen molar-refractivity contribution in [1.29, 1.82) is 0 Å². The SMILES string of the molecule is CCOC(=O)C1=C(CBr)NC(c2nccs2)=NC1.Cc1nc(F)ccc1C(=O)O. The molecule has 2 N–H and O–H groups in total. The first-order valence-corrected chi connectivity index (χ1v) is 10.4. The number of carboxylic acid groups (broad SMARTS) is 1. The van der Waals surface area contributed by atoms with E-state index in [1.165, 1.54) is 24.3 Å². The average Bonchev–Trinajstić information content (AvgIpc) is 3.22. The van der Waals surface area contributed by atoms with Crippen LogP contribution in [0.25, 0.3) is 0 Å². The normalized spacial score (nSPS) is 13.0. The van der Waals surface area contributed by atoms with Gasteiger partial charge >= 0.3 is 11.9 Å². The number of esters is 1. The number of nitrogens with zero attached hydrogens (tertiary/aromatic N) is 3. The van der Waals surface area contributed by atoms with Crippen LogP contribution < -0.4 is 5.32 Å². The van der Waals surface area contributed by atoms with E-state index in [4.69, 9.17) is 9.84 Å². The van der Waals surface area contributed by atoms with Crippen LogP contribution in [-0.4, -0.2) is 51.3 Å². The molecule has 0 radical (unpaired) electrons. The highest BCUT2D eigenvalue weighted by molar-refractivity contribution is 9.09. The molecule has 11 heteroatoms. The van der Waals surface area contributed by atoms with Crippen LogP contribution in [0.1, 0.15) is 28.0 Å². The molecule has 1 aliphatic rings. The van der Waals surface area contributed by atoms with E-state index in [0.29, 0.717) is 29.9 Å². The lowest BCUT2D eigenvalue weighted by Crippen LogP contribution is -2.33. The first-order valence-electron chi connectivity index (χ1n) is 8.40. The van der Waals surface area contributed by atoms with E-state index in [0.717, 1.165) is 16.8 Å². The lowest BCUT2D eigenvalue weighted by Gasteiger charge is -2.18. The fraction of sp³-hybridized carbons (Fsp3) is 0.278. The lowest BCUT2D eigenvalue weighted by molar-refractivity contribution is -0.138. The van der Waals surface area contributed by atoms with E-state index in [1.54, 1.807) is 13.1 Å². The van der Waals surface area contributed by atoms with Crippen molar-refractivity contribution in [1.82, 2.24) is 15.3 Å². The third-order valence-electron chi connectivity index (χ3n) is 3.60. The zero-order chi connectivity index (χ0) is 21.4. The molecule has 0 unspecified atom stereocenters. The van der Waals surface area contributed by atoms with Gasteiger partial charge in [-0.1, -0.05) is 15.9 Å². The fourth-order valence-electron chi connectivity index (χ4n) is 2.25. The Morgan fingerprint density at radius 3 is 2.72 bits per heavy atom. The number of hydrogen-bond acceptors (Lipinski definition) is 8. The molecule has 0 amide bonds. The number of aryl methyl sites for hydroxylation is 1. The Hall–Kier alpha value is -2.66. The van der Waals surface area contributed by atoms with Gasteiger partial charge in [-0.15, -0.1) is 11.3 Å². The maximum atomic E-state index is 12.3. The second kappa shape index (κ2) is 10.8. The minimum absolute atomic E-state index is 0.0337. The molecule has 2 aromatic rings. The van der Waals surface area contributed by atoms with Gasteiger partial charge < -0.3 is 15.2 Å². The van der Waals surface area contributed by atoms with Crippen molar-refractivity contribution in [3.8, 4) is 0 Å². The van der Waals surface area contributed by atoms with Crippen LogP contribution in [0.3, 0.4) is 0 Å². The molecule has 0 saturated heterocycles. The van der Waals surface area contributed by atoms with Crippen LogP contribution in [0.15, 0.2) is 40.0 Å². The van der Waals surface area contributed by atoms with Crippen molar-refractivity contribution in [3.05, 3.63) is 57.2 Å². The number of nitrogens with one attached hydrogen (secondary N) is 1. The predicted molar refractivity (Wildman–Crippen MR) is 110 cm³/mol. The van der Waals surface area contributed by atoms with Gasteiger partial charge in [-0.2, -0.15) is 4.39 Å². The van der Waals surface area contributed by atoms with Crippen molar-refractivity contribution in [2.45, 2.75) is 13.8 Å². The van der Waals surface area contributed by atoms with Gasteiger partial charge in [-0.3, -0.25) is 4.99 Å². The van der Waals surface area contributed by atoms with Crippen molar-refractivity contribution in [2.75, 3.05) is 18.5 Å². The Bertz CT molecular complexity index is 947. The smallest absolute Gasteiger partial charge is 0.337 e. The molecule has 0 spiro atoms. The number of carbonyl (C=O) groups is 2. The molecule has 0 atom stereocenters. The van der Waals surface area contributed by atoms with Crippen LogP contribution >= 0.6 is 27.3 Å². The number of ether oxygens (including phenoxy) is 1. The van der Waals surface area contributed by atoms with E-state index in [9.17, 15) is 14.0 Å². The summed E-state index contributed by atoms with van der Waals surface area (Å²) in [6.45, 7) is 3.92. The molecule has 3 heterocycles. The number of carboxylic acids is 1. The number of pyridine rings is 1. The first-order chi connectivity index (χ1) is 13.9. The number of rotatable bonds is 5. The van der Waals surface area contributed by atoms with Crippen LogP contribution in [0.2, 0.25) is 0 Å². The molecule has 0 bridgehead atoms. The summed E-state index contributed by atoms with van der Waals surface area (Å²) in [5, 5.41) is 14.9. The number of hydrogen-bond donors (Lipinski definition) is 2. The third kappa shape index (κ3) is 6.16. The summed E-state index contributed by atoms with van der Waals surface area (Å²) in [6, 6.07) is 2.22. The number of alkyl halides is 1. The molecular weight excluding hydrogens is 467 g/mol. The first kappa shape index (κ1) is 22.6. The zero-order valence-electron chi connectivity index (χ0n) is 15.6. The summed E-state index contributed by atoms with van der Waals surface area (Å²) >= 11 is 4.86. The largest absolute Gasteiger partial charge is 0.478 e. The van der Waals surface area contributed by atoms with Crippen LogP contribution in [0.5, 0.6) is 0 Å². The molecule has 0 saturated carbocycles. The Kier molecular flexibility index (Phi) is 8.40. The Morgan fingerprint density at radius 2 is 2.17 bits per heavy atom. The number of carbonyl (C=O) groups excluding carboxylic acids is 1. The second-order valence-electron chi connectivity index (χ2n) is 5.51. The minimum atomic E-state index is -1.09. The Balaban J connectivity index is 0.000000234. The molecule has 0 aliphatic carbocycles. The van der Waals surface area contributed by atoms with Gasteiger partial charge in [0, 0.05) is 22.6 Å². The molecule has 8 nitrogen and oxygen atoms in total. The van der Waals surface area contributed by atoms with E-state index < -0.39 is 11.9 Å². The van der Waals surface area contributed by atoms with Gasteiger partial charge in [0.05, 0.1) is 30.0 Å². The van der Waals surface area contributed by atoms with Gasteiger partial charge in [-0.05, 0) is 26.0 Å². The summed E-state index contributed by atoms with van der Waals surface area (Å²) in [6.07, 6.45) is 1.72. The van der Waals surface area contributed by atoms with Gasteiger partial charge in [0.15, 0.2) is 10.8 Å². The number of aromatic carboxylic acids is 1. The highest BCUT2D eigenvalue weighted by Crippen LogP contribution is 2.16. The Labute approximate surface area is 178 Å². The van der Waals surface area contributed by atoms with Crippen molar-refractivity contribution < 1.29 is 23.8 Å². The molecule has 3 rings (SSSR count). The van der Waals surface area contributed by atoms with Crippen LogP contribution in [-0.2, 0) is 9.53 Å². The predicted octanol–water partition coefficient (Wildman–Crippen LogP) is 2.93. The molecule has 29 heavy (non-hydrogen) atoms. The number of aliphatic imine (C=N–C) groups is 1.